The molecule has 0 aliphatic carbocycles. The molecule has 1 aliphatic rings. The number of nitrogens with zero attached hydrogens (tertiary/aromatic N) is 3. The molecule has 0 radical (unpaired) electrons. The first kappa shape index (κ1) is 17.8. The summed E-state index contributed by atoms with van der Waals surface area (Å²) in [6.07, 6.45) is 5.02. The Hall–Kier alpha value is -3.03. The Labute approximate surface area is 152 Å². The van der Waals surface area contributed by atoms with Gasteiger partial charge in [-0.05, 0) is 31.4 Å². The molecule has 138 valence electrons. The maximum absolute atomic E-state index is 12.3. The molecule has 8 heteroatoms. The van der Waals surface area contributed by atoms with E-state index in [4.69, 9.17) is 9.47 Å². The fourth-order valence-electron chi connectivity index (χ4n) is 2.97. The molecule has 8 nitrogen and oxygen atoms in total. The Bertz CT molecular complexity index is 762. The van der Waals surface area contributed by atoms with Gasteiger partial charge in [0.05, 0.1) is 19.9 Å². The SMILES string of the molecule is COc1cccc(NC(=O)Nc2cc(N3CCCCC3)ncn2)c1OC. The van der Waals surface area contributed by atoms with E-state index < -0.39 is 6.03 Å². The average Bonchev–Trinajstić information content (AvgIpc) is 2.68. The summed E-state index contributed by atoms with van der Waals surface area (Å²) in [5, 5.41) is 5.49. The van der Waals surface area contributed by atoms with Crippen LogP contribution in [0.4, 0.5) is 22.1 Å². The molecule has 0 bridgehead atoms. The van der Waals surface area contributed by atoms with E-state index in [9.17, 15) is 4.79 Å². The van der Waals surface area contributed by atoms with Gasteiger partial charge in [-0.1, -0.05) is 6.07 Å². The number of piperidine rings is 1. The number of benzene rings is 1. The number of carbonyl (C=O) groups excluding carboxylic acids is 1. The number of anilines is 3. The summed E-state index contributed by atoms with van der Waals surface area (Å²) in [4.78, 5) is 23.0. The fraction of sp³-hybridized carbons (Fsp3) is 0.389. The molecule has 3 rings (SSSR count). The molecule has 26 heavy (non-hydrogen) atoms. The van der Waals surface area contributed by atoms with Crippen LogP contribution in [0.2, 0.25) is 0 Å². The van der Waals surface area contributed by atoms with Crippen LogP contribution in [0.3, 0.4) is 0 Å². The van der Waals surface area contributed by atoms with E-state index in [1.807, 2.05) is 0 Å². The molecule has 0 saturated carbocycles. The third-order valence-electron chi connectivity index (χ3n) is 4.23. The molecule has 0 unspecified atom stereocenters. The first-order valence-electron chi connectivity index (χ1n) is 8.57. The molecule has 2 amide bonds. The number of methoxy groups -OCH3 is 2. The quantitative estimate of drug-likeness (QED) is 0.855. The first-order chi connectivity index (χ1) is 12.7. The number of amides is 2. The summed E-state index contributed by atoms with van der Waals surface area (Å²) in [5.74, 6) is 2.27. The van der Waals surface area contributed by atoms with E-state index in [0.29, 0.717) is 23.0 Å². The van der Waals surface area contributed by atoms with Crippen LogP contribution >= 0.6 is 0 Å². The number of rotatable bonds is 5. The van der Waals surface area contributed by atoms with Gasteiger partial charge in [-0.2, -0.15) is 0 Å². The van der Waals surface area contributed by atoms with Crippen molar-refractivity contribution in [2.75, 3.05) is 42.8 Å². The van der Waals surface area contributed by atoms with Crippen LogP contribution < -0.4 is 25.0 Å². The number of hydrogen-bond acceptors (Lipinski definition) is 6. The molecule has 1 fully saturated rings. The summed E-state index contributed by atoms with van der Waals surface area (Å²) >= 11 is 0. The lowest BCUT2D eigenvalue weighted by atomic mass is 10.1. The van der Waals surface area contributed by atoms with Crippen molar-refractivity contribution in [3.63, 3.8) is 0 Å². The Morgan fingerprint density at radius 1 is 1.08 bits per heavy atom. The number of ether oxygens (including phenoxy) is 2. The van der Waals surface area contributed by atoms with Crippen LogP contribution in [0.25, 0.3) is 0 Å². The number of nitrogens with one attached hydrogen (secondary N) is 2. The van der Waals surface area contributed by atoms with E-state index in [2.05, 4.69) is 25.5 Å². The van der Waals surface area contributed by atoms with Crippen molar-refractivity contribution in [2.45, 2.75) is 19.3 Å². The number of aromatic nitrogens is 2. The van der Waals surface area contributed by atoms with E-state index in [0.717, 1.165) is 31.7 Å². The third-order valence-corrected chi connectivity index (χ3v) is 4.23. The Kier molecular flexibility index (Phi) is 5.73. The number of para-hydroxylation sites is 1. The molecule has 0 spiro atoms. The highest BCUT2D eigenvalue weighted by atomic mass is 16.5. The molecule has 1 aliphatic heterocycles. The summed E-state index contributed by atoms with van der Waals surface area (Å²) < 4.78 is 10.6. The average molecular weight is 357 g/mol. The minimum Gasteiger partial charge on any atom is -0.493 e. The first-order valence-corrected chi connectivity index (χ1v) is 8.57. The zero-order chi connectivity index (χ0) is 18.4. The lowest BCUT2D eigenvalue weighted by Gasteiger charge is -2.27. The van der Waals surface area contributed by atoms with Crippen LogP contribution in [0, 0.1) is 0 Å². The highest BCUT2D eigenvalue weighted by molar-refractivity contribution is 6.00. The summed E-state index contributed by atoms with van der Waals surface area (Å²) in [7, 11) is 3.07. The zero-order valence-corrected chi connectivity index (χ0v) is 15.0. The van der Waals surface area contributed by atoms with Gasteiger partial charge in [0.25, 0.3) is 0 Å². The Balaban J connectivity index is 1.69. The standard InChI is InChI=1S/C18H23N5O3/c1-25-14-8-6-7-13(17(14)26-2)21-18(24)22-15-11-16(20-12-19-15)23-9-4-3-5-10-23/h6-8,11-12H,3-5,9-10H2,1-2H3,(H2,19,20,21,22,24). The zero-order valence-electron chi connectivity index (χ0n) is 15.0. The summed E-state index contributed by atoms with van der Waals surface area (Å²) in [5.41, 5.74) is 0.509. The minimum absolute atomic E-state index is 0.417. The van der Waals surface area contributed by atoms with Crippen molar-refractivity contribution in [1.29, 1.82) is 0 Å². The topological polar surface area (TPSA) is 88.6 Å². The van der Waals surface area contributed by atoms with Crippen molar-refractivity contribution in [3.8, 4) is 11.5 Å². The van der Waals surface area contributed by atoms with E-state index >= 15 is 0 Å². The molecule has 2 heterocycles. The number of urea groups is 1. The second kappa shape index (κ2) is 8.37. The molecule has 1 saturated heterocycles. The smallest absolute Gasteiger partial charge is 0.324 e. The second-order valence-electron chi connectivity index (χ2n) is 5.93. The predicted octanol–water partition coefficient (Wildman–Crippen LogP) is 3.13. The van der Waals surface area contributed by atoms with Crippen LogP contribution in [0.15, 0.2) is 30.6 Å². The molecule has 0 atom stereocenters. The molecule has 2 aromatic rings. The monoisotopic (exact) mass is 357 g/mol. The van der Waals surface area contributed by atoms with Crippen molar-refractivity contribution < 1.29 is 14.3 Å². The number of hydrogen-bond donors (Lipinski definition) is 2. The Morgan fingerprint density at radius 2 is 1.88 bits per heavy atom. The molecular formula is C18H23N5O3. The molecule has 1 aromatic heterocycles. The highest BCUT2D eigenvalue weighted by Gasteiger charge is 2.15. The third kappa shape index (κ3) is 4.14. The van der Waals surface area contributed by atoms with E-state index in [-0.39, 0.29) is 0 Å². The van der Waals surface area contributed by atoms with Gasteiger partial charge >= 0.3 is 6.03 Å². The lowest BCUT2D eigenvalue weighted by Crippen LogP contribution is -2.30. The van der Waals surface area contributed by atoms with Gasteiger partial charge in [0.15, 0.2) is 11.5 Å². The normalized spacial score (nSPS) is 13.8. The maximum Gasteiger partial charge on any atom is 0.324 e. The highest BCUT2D eigenvalue weighted by Crippen LogP contribution is 2.34. The molecular weight excluding hydrogens is 334 g/mol. The van der Waals surface area contributed by atoms with Gasteiger partial charge < -0.3 is 19.7 Å². The van der Waals surface area contributed by atoms with Gasteiger partial charge in [-0.3, -0.25) is 5.32 Å². The van der Waals surface area contributed by atoms with Crippen LogP contribution in [-0.2, 0) is 0 Å². The Morgan fingerprint density at radius 3 is 2.62 bits per heavy atom. The van der Waals surface area contributed by atoms with Gasteiger partial charge in [0.2, 0.25) is 0 Å². The van der Waals surface area contributed by atoms with Gasteiger partial charge in [-0.25, -0.2) is 14.8 Å². The van der Waals surface area contributed by atoms with Crippen molar-refractivity contribution in [3.05, 3.63) is 30.6 Å². The largest absolute Gasteiger partial charge is 0.493 e. The van der Waals surface area contributed by atoms with Gasteiger partial charge in [0.1, 0.15) is 18.0 Å². The molecule has 2 N–H and O–H groups in total. The van der Waals surface area contributed by atoms with Crippen LogP contribution in [0.1, 0.15) is 19.3 Å². The second-order valence-corrected chi connectivity index (χ2v) is 5.93. The summed E-state index contributed by atoms with van der Waals surface area (Å²) in [6, 6.07) is 6.64. The van der Waals surface area contributed by atoms with E-state index in [1.54, 1.807) is 31.4 Å². The fourth-order valence-corrected chi connectivity index (χ4v) is 2.97. The lowest BCUT2D eigenvalue weighted by molar-refractivity contribution is 0.262. The number of carbonyl (C=O) groups is 1. The van der Waals surface area contributed by atoms with Crippen LogP contribution in [-0.4, -0.2) is 43.3 Å². The summed E-state index contributed by atoms with van der Waals surface area (Å²) in [6.45, 7) is 1.95. The van der Waals surface area contributed by atoms with Gasteiger partial charge in [0, 0.05) is 19.2 Å². The van der Waals surface area contributed by atoms with Crippen molar-refractivity contribution >= 4 is 23.4 Å². The maximum atomic E-state index is 12.3. The minimum atomic E-state index is -0.417. The van der Waals surface area contributed by atoms with Gasteiger partial charge in [-0.15, -0.1) is 0 Å². The van der Waals surface area contributed by atoms with E-state index in [1.165, 1.54) is 19.9 Å². The van der Waals surface area contributed by atoms with Crippen LogP contribution in [0.5, 0.6) is 11.5 Å². The van der Waals surface area contributed by atoms with Crippen molar-refractivity contribution in [2.24, 2.45) is 0 Å². The molecule has 1 aromatic carbocycles. The van der Waals surface area contributed by atoms with Crippen molar-refractivity contribution in [1.82, 2.24) is 9.97 Å². The predicted molar refractivity (Wildman–Crippen MR) is 100 cm³/mol.